The van der Waals surface area contributed by atoms with Crippen molar-refractivity contribution in [2.45, 2.75) is 40.5 Å². The normalized spacial score (nSPS) is 10.8. The SMILES string of the molecule is CC(C)=CCc1cc2c(=O)cc(-c3ccc(O)cc3O)oc2c(CC=C(C)C)c1O. The highest BCUT2D eigenvalue weighted by molar-refractivity contribution is 5.86. The molecule has 30 heavy (non-hydrogen) atoms. The van der Waals surface area contributed by atoms with Crippen molar-refractivity contribution in [3.05, 3.63) is 75.0 Å². The van der Waals surface area contributed by atoms with Crippen molar-refractivity contribution in [3.63, 3.8) is 0 Å². The highest BCUT2D eigenvalue weighted by Crippen LogP contribution is 2.36. The third-order valence-corrected chi connectivity index (χ3v) is 4.86. The lowest BCUT2D eigenvalue weighted by atomic mass is 9.98. The predicted octanol–water partition coefficient (Wildman–Crippen LogP) is 5.59. The molecule has 5 nitrogen and oxygen atoms in total. The molecule has 0 unspecified atom stereocenters. The van der Waals surface area contributed by atoms with Crippen LogP contribution in [0.4, 0.5) is 0 Å². The minimum absolute atomic E-state index is 0.0924. The zero-order valence-electron chi connectivity index (χ0n) is 17.6. The summed E-state index contributed by atoms with van der Waals surface area (Å²) in [5, 5.41) is 31.1. The van der Waals surface area contributed by atoms with Gasteiger partial charge in [0.1, 0.15) is 28.6 Å². The van der Waals surface area contributed by atoms with Gasteiger partial charge in [0.05, 0.1) is 10.9 Å². The number of rotatable bonds is 5. The first-order valence-electron chi connectivity index (χ1n) is 9.78. The summed E-state index contributed by atoms with van der Waals surface area (Å²) >= 11 is 0. The van der Waals surface area contributed by atoms with Crippen LogP contribution in [0.2, 0.25) is 0 Å². The van der Waals surface area contributed by atoms with Crippen molar-refractivity contribution in [3.8, 4) is 28.6 Å². The van der Waals surface area contributed by atoms with Crippen LogP contribution in [0.3, 0.4) is 0 Å². The van der Waals surface area contributed by atoms with Gasteiger partial charge >= 0.3 is 0 Å². The van der Waals surface area contributed by atoms with Crippen LogP contribution in [0.1, 0.15) is 38.8 Å². The van der Waals surface area contributed by atoms with Gasteiger partial charge < -0.3 is 19.7 Å². The molecular weight excluding hydrogens is 380 g/mol. The number of benzene rings is 2. The Kier molecular flexibility index (Phi) is 6.01. The van der Waals surface area contributed by atoms with E-state index in [4.69, 9.17) is 4.42 Å². The average Bonchev–Trinajstić information content (AvgIpc) is 2.65. The number of fused-ring (bicyclic) bond motifs is 1. The molecule has 2 aromatic carbocycles. The van der Waals surface area contributed by atoms with Gasteiger partial charge in [0.25, 0.3) is 0 Å². The van der Waals surface area contributed by atoms with Gasteiger partial charge in [-0.3, -0.25) is 4.79 Å². The van der Waals surface area contributed by atoms with E-state index in [0.717, 1.165) is 11.1 Å². The number of allylic oxidation sites excluding steroid dienone is 4. The molecule has 0 saturated heterocycles. The Hall–Kier alpha value is -3.47. The Morgan fingerprint density at radius 3 is 2.23 bits per heavy atom. The minimum atomic E-state index is -0.268. The highest BCUT2D eigenvalue weighted by Gasteiger charge is 2.18. The van der Waals surface area contributed by atoms with Crippen LogP contribution < -0.4 is 5.43 Å². The molecule has 1 aromatic heterocycles. The average molecular weight is 406 g/mol. The van der Waals surface area contributed by atoms with Crippen LogP contribution in [0.15, 0.2) is 62.8 Å². The maximum Gasteiger partial charge on any atom is 0.193 e. The van der Waals surface area contributed by atoms with E-state index in [1.54, 1.807) is 6.07 Å². The highest BCUT2D eigenvalue weighted by atomic mass is 16.3. The number of aromatic hydroxyl groups is 3. The Balaban J connectivity index is 2.31. The molecule has 0 aliphatic heterocycles. The van der Waals surface area contributed by atoms with Crippen molar-refractivity contribution >= 4 is 11.0 Å². The first-order chi connectivity index (χ1) is 14.2. The smallest absolute Gasteiger partial charge is 0.193 e. The second-order valence-corrected chi connectivity index (χ2v) is 7.89. The summed E-state index contributed by atoms with van der Waals surface area (Å²) in [4.78, 5) is 12.9. The zero-order valence-corrected chi connectivity index (χ0v) is 17.6. The molecule has 5 heteroatoms. The van der Waals surface area contributed by atoms with Crippen molar-refractivity contribution < 1.29 is 19.7 Å². The lowest BCUT2D eigenvalue weighted by molar-refractivity contribution is 0.450. The van der Waals surface area contributed by atoms with E-state index in [2.05, 4.69) is 0 Å². The molecule has 156 valence electrons. The summed E-state index contributed by atoms with van der Waals surface area (Å²) in [5.41, 5.74) is 3.69. The fourth-order valence-electron chi connectivity index (χ4n) is 3.23. The van der Waals surface area contributed by atoms with Crippen LogP contribution in [0, 0.1) is 0 Å². The van der Waals surface area contributed by atoms with Gasteiger partial charge in [0.15, 0.2) is 5.43 Å². The summed E-state index contributed by atoms with van der Waals surface area (Å²) < 4.78 is 6.03. The lowest BCUT2D eigenvalue weighted by Gasteiger charge is -2.13. The minimum Gasteiger partial charge on any atom is -0.508 e. The fourth-order valence-corrected chi connectivity index (χ4v) is 3.23. The lowest BCUT2D eigenvalue weighted by Crippen LogP contribution is -2.04. The van der Waals surface area contributed by atoms with E-state index < -0.39 is 0 Å². The molecule has 1 heterocycles. The molecule has 0 amide bonds. The van der Waals surface area contributed by atoms with Crippen molar-refractivity contribution in [2.24, 2.45) is 0 Å². The third kappa shape index (κ3) is 4.40. The summed E-state index contributed by atoms with van der Waals surface area (Å²) in [5.74, 6) is -0.0226. The molecule has 3 aromatic rings. The van der Waals surface area contributed by atoms with E-state index in [9.17, 15) is 20.1 Å². The van der Waals surface area contributed by atoms with Gasteiger partial charge in [-0.05, 0) is 64.3 Å². The van der Waals surface area contributed by atoms with Crippen LogP contribution in [-0.2, 0) is 12.8 Å². The van der Waals surface area contributed by atoms with Gasteiger partial charge in [0, 0.05) is 17.7 Å². The number of phenolic OH excluding ortho intramolecular Hbond substituents is 3. The third-order valence-electron chi connectivity index (χ3n) is 4.86. The van der Waals surface area contributed by atoms with Crippen LogP contribution >= 0.6 is 0 Å². The standard InChI is InChI=1S/C25H26O5/c1-14(2)5-7-16-11-20-22(28)13-23(18-10-8-17(26)12-21(18)27)30-25(20)19(24(16)29)9-6-15(3)4/h5-6,8,10-13,26-27,29H,7,9H2,1-4H3. The van der Waals surface area contributed by atoms with Gasteiger partial charge in [-0.15, -0.1) is 0 Å². The zero-order chi connectivity index (χ0) is 22.0. The predicted molar refractivity (Wildman–Crippen MR) is 119 cm³/mol. The van der Waals surface area contributed by atoms with Crippen molar-refractivity contribution in [1.29, 1.82) is 0 Å². The Labute approximate surface area is 175 Å². The first-order valence-corrected chi connectivity index (χ1v) is 9.78. The quantitative estimate of drug-likeness (QED) is 0.480. The monoisotopic (exact) mass is 406 g/mol. The molecule has 0 spiro atoms. The van der Waals surface area contributed by atoms with Crippen LogP contribution in [0.25, 0.3) is 22.3 Å². The largest absolute Gasteiger partial charge is 0.508 e. The maximum atomic E-state index is 12.9. The fraction of sp³-hybridized carbons (Fsp3) is 0.240. The first kappa shape index (κ1) is 21.2. The second-order valence-electron chi connectivity index (χ2n) is 7.89. The Morgan fingerprint density at radius 1 is 0.933 bits per heavy atom. The van der Waals surface area contributed by atoms with Gasteiger partial charge in [-0.25, -0.2) is 0 Å². The summed E-state index contributed by atoms with van der Waals surface area (Å²) in [7, 11) is 0. The summed E-state index contributed by atoms with van der Waals surface area (Å²) in [6.07, 6.45) is 4.87. The maximum absolute atomic E-state index is 12.9. The van der Waals surface area contributed by atoms with E-state index in [0.29, 0.717) is 34.9 Å². The van der Waals surface area contributed by atoms with E-state index in [1.165, 1.54) is 24.3 Å². The van der Waals surface area contributed by atoms with E-state index in [-0.39, 0.29) is 34.0 Å². The van der Waals surface area contributed by atoms with Gasteiger partial charge in [-0.1, -0.05) is 23.3 Å². The molecule has 3 rings (SSSR count). The number of hydrogen-bond donors (Lipinski definition) is 3. The molecule has 0 aliphatic carbocycles. The van der Waals surface area contributed by atoms with Crippen molar-refractivity contribution in [2.75, 3.05) is 0 Å². The molecular formula is C25H26O5. The molecule has 0 saturated carbocycles. The second kappa shape index (κ2) is 8.49. The molecule has 0 radical (unpaired) electrons. The number of hydrogen-bond acceptors (Lipinski definition) is 5. The van der Waals surface area contributed by atoms with Crippen molar-refractivity contribution in [1.82, 2.24) is 0 Å². The summed E-state index contributed by atoms with van der Waals surface area (Å²) in [6.45, 7) is 7.88. The van der Waals surface area contributed by atoms with E-state index >= 15 is 0 Å². The summed E-state index contributed by atoms with van der Waals surface area (Å²) in [6, 6.07) is 7.06. The molecule has 0 fully saturated rings. The molecule has 3 N–H and O–H groups in total. The van der Waals surface area contributed by atoms with Crippen LogP contribution in [0.5, 0.6) is 17.2 Å². The van der Waals surface area contributed by atoms with Gasteiger partial charge in [-0.2, -0.15) is 0 Å². The molecule has 0 aliphatic rings. The molecule has 0 atom stereocenters. The Morgan fingerprint density at radius 2 is 1.60 bits per heavy atom. The molecule has 0 bridgehead atoms. The van der Waals surface area contributed by atoms with Gasteiger partial charge in [0.2, 0.25) is 0 Å². The number of phenols is 3. The van der Waals surface area contributed by atoms with Crippen LogP contribution in [-0.4, -0.2) is 15.3 Å². The van der Waals surface area contributed by atoms with E-state index in [1.807, 2.05) is 39.8 Å². The topological polar surface area (TPSA) is 90.9 Å². The Bertz CT molecular complexity index is 1220.